The lowest BCUT2D eigenvalue weighted by atomic mass is 9.85. The van der Waals surface area contributed by atoms with E-state index in [-0.39, 0.29) is 5.41 Å². The van der Waals surface area contributed by atoms with Crippen LogP contribution in [0.5, 0.6) is 5.75 Å². The number of aryl methyl sites for hydroxylation is 1. The van der Waals surface area contributed by atoms with Crippen LogP contribution in [-0.4, -0.2) is 13.2 Å². The van der Waals surface area contributed by atoms with Crippen molar-refractivity contribution in [2.75, 3.05) is 18.5 Å². The fourth-order valence-corrected chi connectivity index (χ4v) is 2.09. The maximum Gasteiger partial charge on any atom is 0.146 e. The highest BCUT2D eigenvalue weighted by molar-refractivity contribution is 5.63. The number of anilines is 1. The summed E-state index contributed by atoms with van der Waals surface area (Å²) in [6.07, 6.45) is 1.07. The van der Waals surface area contributed by atoms with Gasteiger partial charge in [-0.15, -0.1) is 0 Å². The Balaban J connectivity index is 2.55. The molecule has 1 aliphatic heterocycles. The lowest BCUT2D eigenvalue weighted by Gasteiger charge is -2.24. The second kappa shape index (κ2) is 4.00. The molecule has 88 valence electrons. The van der Waals surface area contributed by atoms with Crippen molar-refractivity contribution in [1.29, 1.82) is 0 Å². The van der Waals surface area contributed by atoms with E-state index in [2.05, 4.69) is 45.1 Å². The second-order valence-electron chi connectivity index (χ2n) is 5.57. The number of benzene rings is 1. The van der Waals surface area contributed by atoms with E-state index in [0.29, 0.717) is 0 Å². The van der Waals surface area contributed by atoms with Crippen LogP contribution in [0.15, 0.2) is 12.1 Å². The Kier molecular flexibility index (Phi) is 2.83. The number of hydrogen-bond acceptors (Lipinski definition) is 2. The average Bonchev–Trinajstić information content (AvgIpc) is 2.39. The van der Waals surface area contributed by atoms with Crippen molar-refractivity contribution in [3.8, 4) is 5.75 Å². The Labute approximate surface area is 98.0 Å². The highest BCUT2D eigenvalue weighted by Gasteiger charge is 2.23. The molecule has 1 aromatic rings. The van der Waals surface area contributed by atoms with Gasteiger partial charge in [-0.3, -0.25) is 0 Å². The van der Waals surface area contributed by atoms with Crippen LogP contribution >= 0.6 is 0 Å². The van der Waals surface area contributed by atoms with Crippen molar-refractivity contribution >= 4 is 5.69 Å². The van der Waals surface area contributed by atoms with E-state index in [0.717, 1.165) is 31.0 Å². The van der Waals surface area contributed by atoms with Crippen molar-refractivity contribution in [2.45, 2.75) is 39.5 Å². The molecule has 0 fully saturated rings. The van der Waals surface area contributed by atoms with Crippen molar-refractivity contribution in [3.05, 3.63) is 23.3 Å². The monoisotopic (exact) mass is 219 g/mol. The highest BCUT2D eigenvalue weighted by atomic mass is 16.5. The Hall–Kier alpha value is -1.18. The van der Waals surface area contributed by atoms with Gasteiger partial charge in [-0.1, -0.05) is 26.8 Å². The molecule has 2 rings (SSSR count). The van der Waals surface area contributed by atoms with Gasteiger partial charge in [0.15, 0.2) is 0 Å². The topological polar surface area (TPSA) is 21.3 Å². The van der Waals surface area contributed by atoms with Crippen LogP contribution in [0.2, 0.25) is 0 Å². The molecule has 0 saturated carbocycles. The van der Waals surface area contributed by atoms with Gasteiger partial charge in [0.25, 0.3) is 0 Å². The zero-order valence-corrected chi connectivity index (χ0v) is 10.7. The summed E-state index contributed by atoms with van der Waals surface area (Å²) < 4.78 is 5.90. The first-order valence-electron chi connectivity index (χ1n) is 6.00. The lowest BCUT2D eigenvalue weighted by molar-refractivity contribution is 0.314. The van der Waals surface area contributed by atoms with Crippen molar-refractivity contribution in [2.24, 2.45) is 0 Å². The van der Waals surface area contributed by atoms with Crippen LogP contribution in [-0.2, 0) is 5.41 Å². The largest absolute Gasteiger partial charge is 0.491 e. The fourth-order valence-electron chi connectivity index (χ4n) is 2.09. The van der Waals surface area contributed by atoms with Gasteiger partial charge in [-0.25, -0.2) is 0 Å². The molecule has 0 aliphatic carbocycles. The van der Waals surface area contributed by atoms with E-state index in [1.165, 1.54) is 11.1 Å². The minimum Gasteiger partial charge on any atom is -0.491 e. The molecule has 0 amide bonds. The number of hydrogen-bond donors (Lipinski definition) is 1. The molecule has 0 radical (unpaired) electrons. The normalized spacial score (nSPS) is 15.8. The molecule has 1 heterocycles. The van der Waals surface area contributed by atoms with Gasteiger partial charge in [0, 0.05) is 12.1 Å². The molecule has 1 aliphatic rings. The van der Waals surface area contributed by atoms with E-state index >= 15 is 0 Å². The van der Waals surface area contributed by atoms with Crippen LogP contribution in [0, 0.1) is 6.92 Å². The molecule has 0 spiro atoms. The van der Waals surface area contributed by atoms with Gasteiger partial charge in [-0.05, 0) is 30.4 Å². The van der Waals surface area contributed by atoms with E-state index in [1.807, 2.05) is 0 Å². The molecular weight excluding hydrogens is 198 g/mol. The smallest absolute Gasteiger partial charge is 0.146 e. The maximum atomic E-state index is 5.90. The minimum absolute atomic E-state index is 0.127. The van der Waals surface area contributed by atoms with E-state index < -0.39 is 0 Å². The summed E-state index contributed by atoms with van der Waals surface area (Å²) in [5, 5.41) is 3.45. The minimum atomic E-state index is 0.127. The van der Waals surface area contributed by atoms with Gasteiger partial charge in [0.2, 0.25) is 0 Å². The van der Waals surface area contributed by atoms with Crippen LogP contribution in [0.25, 0.3) is 0 Å². The van der Waals surface area contributed by atoms with Crippen molar-refractivity contribution < 1.29 is 4.74 Å². The quantitative estimate of drug-likeness (QED) is 0.721. The Bertz CT molecular complexity index is 390. The van der Waals surface area contributed by atoms with Crippen LogP contribution < -0.4 is 10.1 Å². The van der Waals surface area contributed by atoms with Gasteiger partial charge in [-0.2, -0.15) is 0 Å². The number of fused-ring (bicyclic) bond motifs is 1. The van der Waals surface area contributed by atoms with Crippen LogP contribution in [0.1, 0.15) is 38.3 Å². The molecule has 2 nitrogen and oxygen atoms in total. The van der Waals surface area contributed by atoms with E-state index in [1.54, 1.807) is 0 Å². The van der Waals surface area contributed by atoms with E-state index in [4.69, 9.17) is 4.74 Å². The van der Waals surface area contributed by atoms with Gasteiger partial charge < -0.3 is 10.1 Å². The van der Waals surface area contributed by atoms with Crippen LogP contribution in [0.3, 0.4) is 0 Å². The molecule has 0 unspecified atom stereocenters. The standard InChI is InChI=1S/C14H21NO/c1-10-8-11(14(2,3)4)13-12(9-10)15-6-5-7-16-13/h8-9,15H,5-7H2,1-4H3. The molecule has 0 atom stereocenters. The third-order valence-electron chi connectivity index (χ3n) is 2.92. The summed E-state index contributed by atoms with van der Waals surface area (Å²) in [7, 11) is 0. The summed E-state index contributed by atoms with van der Waals surface area (Å²) in [5.74, 6) is 1.05. The van der Waals surface area contributed by atoms with Crippen molar-refractivity contribution in [1.82, 2.24) is 0 Å². The van der Waals surface area contributed by atoms with Gasteiger partial charge in [0.1, 0.15) is 5.75 Å². The first-order chi connectivity index (χ1) is 7.48. The first kappa shape index (κ1) is 11.3. The van der Waals surface area contributed by atoms with Crippen molar-refractivity contribution in [3.63, 3.8) is 0 Å². The predicted octanol–water partition coefficient (Wildman–Crippen LogP) is 3.49. The third kappa shape index (κ3) is 2.16. The summed E-state index contributed by atoms with van der Waals surface area (Å²) in [5.41, 5.74) is 3.88. The Morgan fingerprint density at radius 1 is 1.25 bits per heavy atom. The molecule has 1 aromatic carbocycles. The number of ether oxygens (including phenoxy) is 1. The molecule has 0 bridgehead atoms. The molecule has 0 aromatic heterocycles. The molecule has 1 N–H and O–H groups in total. The molecular formula is C14H21NO. The zero-order valence-electron chi connectivity index (χ0n) is 10.7. The highest BCUT2D eigenvalue weighted by Crippen LogP contribution is 2.39. The number of rotatable bonds is 0. The Morgan fingerprint density at radius 2 is 2.00 bits per heavy atom. The van der Waals surface area contributed by atoms with Gasteiger partial charge in [0.05, 0.1) is 12.3 Å². The molecule has 16 heavy (non-hydrogen) atoms. The maximum absolute atomic E-state index is 5.90. The zero-order chi connectivity index (χ0) is 11.8. The summed E-state index contributed by atoms with van der Waals surface area (Å²) >= 11 is 0. The predicted molar refractivity (Wildman–Crippen MR) is 68.5 cm³/mol. The third-order valence-corrected chi connectivity index (χ3v) is 2.92. The summed E-state index contributed by atoms with van der Waals surface area (Å²) in [4.78, 5) is 0. The SMILES string of the molecule is Cc1cc2c(c(C(C)(C)C)c1)OCCCN2. The van der Waals surface area contributed by atoms with Gasteiger partial charge >= 0.3 is 0 Å². The van der Waals surface area contributed by atoms with E-state index in [9.17, 15) is 0 Å². The second-order valence-corrected chi connectivity index (χ2v) is 5.57. The van der Waals surface area contributed by atoms with Crippen LogP contribution in [0.4, 0.5) is 5.69 Å². The lowest BCUT2D eigenvalue weighted by Crippen LogP contribution is -2.14. The molecule has 2 heteroatoms. The summed E-state index contributed by atoms with van der Waals surface area (Å²) in [6.45, 7) is 10.6. The fraction of sp³-hybridized carbons (Fsp3) is 0.571. The summed E-state index contributed by atoms with van der Waals surface area (Å²) in [6, 6.07) is 4.42. The first-order valence-corrected chi connectivity index (χ1v) is 6.00. The average molecular weight is 219 g/mol. The molecule has 0 saturated heterocycles. The number of nitrogens with one attached hydrogen (secondary N) is 1. The Morgan fingerprint density at radius 3 is 2.69 bits per heavy atom.